The Morgan fingerprint density at radius 3 is 2.75 bits per heavy atom. The van der Waals surface area contributed by atoms with Gasteiger partial charge in [0, 0.05) is 29.3 Å². The first-order valence-electron chi connectivity index (χ1n) is 12.5. The molecule has 1 aromatic carbocycles. The second-order valence-corrected chi connectivity index (χ2v) is 11.2. The molecule has 2 unspecified atom stereocenters. The number of aliphatic hydroxyl groups is 1. The van der Waals surface area contributed by atoms with Gasteiger partial charge in [0.15, 0.2) is 5.60 Å². The van der Waals surface area contributed by atoms with Gasteiger partial charge >= 0.3 is 12.2 Å². The average Bonchev–Trinajstić information content (AvgIpc) is 3.57. The average molecular weight is 580 g/mol. The number of nitriles is 1. The highest BCUT2D eigenvalue weighted by atomic mass is 32.2. The van der Waals surface area contributed by atoms with Crippen molar-refractivity contribution in [2.24, 2.45) is 0 Å². The number of carbonyl (C=O) groups excluding carboxylic acids is 3. The molecule has 0 radical (unpaired) electrons. The van der Waals surface area contributed by atoms with Crippen LogP contribution in [0.1, 0.15) is 43.7 Å². The van der Waals surface area contributed by atoms with E-state index in [1.165, 1.54) is 30.1 Å². The zero-order chi connectivity index (χ0) is 29.1. The first-order chi connectivity index (χ1) is 18.9. The fraction of sp³-hybridized carbons (Fsp3) is 0.480. The van der Waals surface area contributed by atoms with Gasteiger partial charge in [0.1, 0.15) is 0 Å². The van der Waals surface area contributed by atoms with E-state index in [4.69, 9.17) is 5.26 Å². The number of hydrogen-bond acceptors (Lipinski definition) is 7. The van der Waals surface area contributed by atoms with Crippen LogP contribution in [-0.4, -0.2) is 61.4 Å². The molecule has 11 nitrogen and oxygen atoms in total. The van der Waals surface area contributed by atoms with Gasteiger partial charge < -0.3 is 26.4 Å². The van der Waals surface area contributed by atoms with E-state index in [-0.39, 0.29) is 42.7 Å². The molecule has 0 bridgehead atoms. The SMILES string of the molecule is C[C@](O)(Cn1cc(NC(=O)CCCC[C@@H]2SCC3NC(=O)NC32)cn1)C(=O)Nc1ccc(C#N)c(C(F)(F)F)c1. The van der Waals surface area contributed by atoms with Crippen LogP contribution >= 0.6 is 11.8 Å². The molecule has 0 spiro atoms. The molecular weight excluding hydrogens is 551 g/mol. The number of fused-ring (bicyclic) bond motifs is 1. The predicted molar refractivity (Wildman–Crippen MR) is 140 cm³/mol. The summed E-state index contributed by atoms with van der Waals surface area (Å²) in [5, 5.41) is 34.7. The third-order valence-corrected chi connectivity index (χ3v) is 8.17. The summed E-state index contributed by atoms with van der Waals surface area (Å²) in [6, 6.07) is 4.30. The van der Waals surface area contributed by atoms with Crippen molar-refractivity contribution in [2.45, 2.75) is 68.3 Å². The van der Waals surface area contributed by atoms with E-state index in [0.717, 1.165) is 30.7 Å². The van der Waals surface area contributed by atoms with E-state index < -0.39 is 28.8 Å². The maximum Gasteiger partial charge on any atom is 0.417 e. The van der Waals surface area contributed by atoms with Crippen LogP contribution in [-0.2, 0) is 22.3 Å². The Morgan fingerprint density at radius 2 is 2.02 bits per heavy atom. The fourth-order valence-electron chi connectivity index (χ4n) is 4.62. The van der Waals surface area contributed by atoms with Gasteiger partial charge in [0.2, 0.25) is 5.91 Å². The summed E-state index contributed by atoms with van der Waals surface area (Å²) in [6.07, 6.45) is 0.639. The van der Waals surface area contributed by atoms with Crippen LogP contribution in [0.25, 0.3) is 0 Å². The Kier molecular flexibility index (Phi) is 8.59. The van der Waals surface area contributed by atoms with Gasteiger partial charge in [-0.15, -0.1) is 0 Å². The number of thioether (sulfide) groups is 1. The summed E-state index contributed by atoms with van der Waals surface area (Å²) in [7, 11) is 0. The van der Waals surface area contributed by atoms with Crippen molar-refractivity contribution in [3.05, 3.63) is 41.7 Å². The largest absolute Gasteiger partial charge is 0.417 e. The van der Waals surface area contributed by atoms with Crippen molar-refractivity contribution in [2.75, 3.05) is 16.4 Å². The Bertz CT molecular complexity index is 1320. The molecule has 2 aliphatic heterocycles. The first kappa shape index (κ1) is 29.2. The lowest BCUT2D eigenvalue weighted by Gasteiger charge is -2.22. The minimum Gasteiger partial charge on any atom is -0.378 e. The van der Waals surface area contributed by atoms with Crippen molar-refractivity contribution in [1.82, 2.24) is 20.4 Å². The predicted octanol–water partition coefficient (Wildman–Crippen LogP) is 2.83. The zero-order valence-corrected chi connectivity index (χ0v) is 22.2. The molecule has 40 heavy (non-hydrogen) atoms. The van der Waals surface area contributed by atoms with Crippen molar-refractivity contribution < 1.29 is 32.7 Å². The number of urea groups is 1. The van der Waals surface area contributed by atoms with Gasteiger partial charge in [-0.05, 0) is 38.0 Å². The number of nitrogens with one attached hydrogen (secondary N) is 4. The minimum atomic E-state index is -4.80. The summed E-state index contributed by atoms with van der Waals surface area (Å²) in [4.78, 5) is 36.4. The number of anilines is 2. The number of rotatable bonds is 10. The standard InChI is InChI=1S/C25H28F3N7O4S/c1-24(39,22(37)32-15-7-6-14(9-29)17(8-15)25(26,27)28)13-35-11-16(10-30-35)31-20(36)5-3-2-4-19-21-18(12-40-19)33-23(38)34-21/h6-8,10-11,18-19,21,39H,2-5,12-13H2,1H3,(H,31,36)(H,32,37)(H2,33,34,38)/t18?,19-,21?,24-/m0/s1. The van der Waals surface area contributed by atoms with Crippen molar-refractivity contribution >= 4 is 41.0 Å². The minimum absolute atomic E-state index is 0.123. The summed E-state index contributed by atoms with van der Waals surface area (Å²) >= 11 is 1.82. The van der Waals surface area contributed by atoms with Gasteiger partial charge in [0.25, 0.3) is 5.91 Å². The third-order valence-electron chi connectivity index (χ3n) is 6.66. The Balaban J connectivity index is 1.23. The lowest BCUT2D eigenvalue weighted by molar-refractivity contribution is -0.138. The number of amides is 4. The maximum atomic E-state index is 13.2. The zero-order valence-electron chi connectivity index (χ0n) is 21.4. The van der Waals surface area contributed by atoms with Gasteiger partial charge in [-0.2, -0.15) is 35.3 Å². The molecule has 2 aromatic rings. The van der Waals surface area contributed by atoms with E-state index >= 15 is 0 Å². The third kappa shape index (κ3) is 7.05. The van der Waals surface area contributed by atoms with Crippen LogP contribution in [0, 0.1) is 11.3 Å². The molecule has 4 atom stereocenters. The van der Waals surface area contributed by atoms with Crippen LogP contribution < -0.4 is 21.3 Å². The van der Waals surface area contributed by atoms with Gasteiger partial charge in [-0.3, -0.25) is 14.3 Å². The van der Waals surface area contributed by atoms with E-state index in [0.29, 0.717) is 23.4 Å². The smallest absolute Gasteiger partial charge is 0.378 e. The maximum absolute atomic E-state index is 13.2. The summed E-state index contributed by atoms with van der Waals surface area (Å²) < 4.78 is 40.8. The summed E-state index contributed by atoms with van der Waals surface area (Å²) in [6.45, 7) is 0.832. The molecule has 4 rings (SSSR count). The number of hydrogen-bond donors (Lipinski definition) is 5. The second kappa shape index (κ2) is 11.8. The molecule has 0 aliphatic carbocycles. The number of unbranched alkanes of at least 4 members (excludes halogenated alkanes) is 1. The van der Waals surface area contributed by atoms with Crippen molar-refractivity contribution in [1.29, 1.82) is 5.26 Å². The Morgan fingerprint density at radius 1 is 1.25 bits per heavy atom. The van der Waals surface area contributed by atoms with E-state index in [1.807, 2.05) is 11.8 Å². The lowest BCUT2D eigenvalue weighted by Crippen LogP contribution is -2.43. The second-order valence-electron chi connectivity index (χ2n) is 9.94. The molecule has 2 saturated heterocycles. The molecule has 5 N–H and O–H groups in total. The lowest BCUT2D eigenvalue weighted by atomic mass is 10.0. The van der Waals surface area contributed by atoms with Gasteiger partial charge in [-0.25, -0.2) is 4.79 Å². The Hall–Kier alpha value is -3.77. The number of benzene rings is 1. The molecule has 2 fully saturated rings. The monoisotopic (exact) mass is 579 g/mol. The van der Waals surface area contributed by atoms with Gasteiger partial charge in [0.05, 0.1) is 47.7 Å². The van der Waals surface area contributed by atoms with E-state index in [1.54, 1.807) is 0 Å². The van der Waals surface area contributed by atoms with Crippen LogP contribution in [0.5, 0.6) is 0 Å². The quantitative estimate of drug-likeness (QED) is 0.214. The van der Waals surface area contributed by atoms with E-state index in [2.05, 4.69) is 26.4 Å². The number of alkyl halides is 3. The highest BCUT2D eigenvalue weighted by Crippen LogP contribution is 2.34. The molecule has 4 amide bonds. The Labute approximate surface area is 231 Å². The van der Waals surface area contributed by atoms with Crippen molar-refractivity contribution in [3.63, 3.8) is 0 Å². The first-order valence-corrected chi connectivity index (χ1v) is 13.6. The summed E-state index contributed by atoms with van der Waals surface area (Å²) in [5.74, 6) is -0.328. The topological polar surface area (TPSA) is 161 Å². The van der Waals surface area contributed by atoms with Crippen molar-refractivity contribution in [3.8, 4) is 6.07 Å². The molecular formula is C25H28F3N7O4S. The highest BCUT2D eigenvalue weighted by molar-refractivity contribution is 8.00. The molecule has 0 saturated carbocycles. The molecule has 1 aromatic heterocycles. The highest BCUT2D eigenvalue weighted by Gasteiger charge is 2.42. The van der Waals surface area contributed by atoms with E-state index in [9.17, 15) is 32.7 Å². The molecule has 214 valence electrons. The number of halogens is 3. The molecule has 2 aliphatic rings. The molecule has 15 heteroatoms. The number of aromatic nitrogens is 2. The summed E-state index contributed by atoms with van der Waals surface area (Å²) in [5.41, 5.74) is -3.74. The number of carbonyl (C=O) groups is 3. The molecule has 3 heterocycles. The van der Waals surface area contributed by atoms with Crippen LogP contribution in [0.15, 0.2) is 30.6 Å². The number of nitrogens with zero attached hydrogens (tertiary/aromatic N) is 3. The van der Waals surface area contributed by atoms with Crippen LogP contribution in [0.2, 0.25) is 0 Å². The normalized spacial score (nSPS) is 21.5. The van der Waals surface area contributed by atoms with Crippen LogP contribution in [0.4, 0.5) is 29.3 Å². The van der Waals surface area contributed by atoms with Gasteiger partial charge in [-0.1, -0.05) is 6.42 Å². The fourth-order valence-corrected chi connectivity index (χ4v) is 6.16. The van der Waals surface area contributed by atoms with Crippen LogP contribution in [0.3, 0.4) is 0 Å².